The second kappa shape index (κ2) is 7.45. The lowest BCUT2D eigenvalue weighted by atomic mass is 10.2. The first-order valence-electron chi connectivity index (χ1n) is 7.59. The highest BCUT2D eigenvalue weighted by Gasteiger charge is 2.13. The fourth-order valence-electron chi connectivity index (χ4n) is 2.33. The number of hydrogen-bond acceptors (Lipinski definition) is 6. The van der Waals surface area contributed by atoms with Crippen LogP contribution >= 0.6 is 11.3 Å². The molecule has 2 heterocycles. The van der Waals surface area contributed by atoms with Gasteiger partial charge in [-0.05, 0) is 11.6 Å². The van der Waals surface area contributed by atoms with Crippen LogP contribution in [-0.2, 0) is 21.0 Å². The van der Waals surface area contributed by atoms with Crippen molar-refractivity contribution in [2.24, 2.45) is 0 Å². The minimum atomic E-state index is -0.536. The topological polar surface area (TPSA) is 90.4 Å². The minimum absolute atomic E-state index is 0.0396. The van der Waals surface area contributed by atoms with Crippen molar-refractivity contribution >= 4 is 27.5 Å². The number of ether oxygens (including phenoxy) is 2. The summed E-state index contributed by atoms with van der Waals surface area (Å²) < 4.78 is 11.5. The number of thiophene rings is 1. The number of fused-ring (bicyclic) bond motifs is 1. The lowest BCUT2D eigenvalue weighted by Crippen LogP contribution is -2.30. The van der Waals surface area contributed by atoms with Crippen LogP contribution in [0.15, 0.2) is 46.0 Å². The molecular formula is C17H16N2O5S. The van der Waals surface area contributed by atoms with Gasteiger partial charge in [-0.25, -0.2) is 4.79 Å². The fraction of sp³-hybridized carbons (Fsp3) is 0.235. The molecule has 7 nitrogen and oxygen atoms in total. The number of nitrogens with zero attached hydrogens (tertiary/aromatic N) is 1. The highest BCUT2D eigenvalue weighted by atomic mass is 32.1. The molecule has 2 aromatic heterocycles. The summed E-state index contributed by atoms with van der Waals surface area (Å²) in [5, 5.41) is 0.437. The van der Waals surface area contributed by atoms with Gasteiger partial charge in [0.1, 0.15) is 18.2 Å². The summed E-state index contributed by atoms with van der Waals surface area (Å²) >= 11 is 1.35. The Hall–Kier alpha value is -2.71. The molecule has 1 aromatic carbocycles. The van der Waals surface area contributed by atoms with Gasteiger partial charge in [0.15, 0.2) is 0 Å². The number of aromatic amines is 1. The van der Waals surface area contributed by atoms with Crippen LogP contribution in [0.25, 0.3) is 20.7 Å². The number of carbonyl (C=O) groups is 1. The zero-order valence-corrected chi connectivity index (χ0v) is 14.3. The van der Waals surface area contributed by atoms with E-state index in [-0.39, 0.29) is 19.9 Å². The zero-order chi connectivity index (χ0) is 17.8. The summed E-state index contributed by atoms with van der Waals surface area (Å²) in [5.41, 5.74) is 0.0129. The maximum atomic E-state index is 12.1. The molecule has 0 aliphatic carbocycles. The van der Waals surface area contributed by atoms with Crippen LogP contribution < -0.4 is 11.2 Å². The molecule has 0 amide bonds. The second-order valence-electron chi connectivity index (χ2n) is 5.26. The molecule has 8 heteroatoms. The number of H-pyrrole nitrogens is 1. The van der Waals surface area contributed by atoms with Crippen LogP contribution in [0.5, 0.6) is 0 Å². The molecule has 1 N–H and O–H groups in total. The molecule has 0 fully saturated rings. The smallest absolute Gasteiger partial charge is 0.331 e. The highest BCUT2D eigenvalue weighted by molar-refractivity contribution is 7.21. The molecule has 0 atom stereocenters. The predicted molar refractivity (Wildman–Crippen MR) is 94.7 cm³/mol. The maximum absolute atomic E-state index is 12.1. The van der Waals surface area contributed by atoms with Gasteiger partial charge < -0.3 is 9.47 Å². The van der Waals surface area contributed by atoms with Gasteiger partial charge in [-0.15, -0.1) is 11.3 Å². The molecule has 0 saturated heterocycles. The van der Waals surface area contributed by atoms with Gasteiger partial charge in [0, 0.05) is 11.8 Å². The van der Waals surface area contributed by atoms with Crippen molar-refractivity contribution in [2.75, 3.05) is 13.2 Å². The Bertz CT molecular complexity index is 1000. The standard InChI is InChI=1S/C17H16N2O5S/c1-11(20)24-8-7-23-10-19-16-13(15(21)18-17(19)22)9-14(25-16)12-5-3-2-4-6-12/h2-6,9H,7-8,10H2,1H3,(H,18,21,22). The average molecular weight is 360 g/mol. The lowest BCUT2D eigenvalue weighted by molar-refractivity contribution is -0.142. The number of hydrogen-bond donors (Lipinski definition) is 1. The van der Waals surface area contributed by atoms with Gasteiger partial charge >= 0.3 is 11.7 Å². The van der Waals surface area contributed by atoms with E-state index in [1.54, 1.807) is 6.07 Å². The van der Waals surface area contributed by atoms with E-state index in [0.29, 0.717) is 10.2 Å². The van der Waals surface area contributed by atoms with E-state index >= 15 is 0 Å². The molecule has 0 spiro atoms. The van der Waals surface area contributed by atoms with Gasteiger partial charge in [0.05, 0.1) is 12.0 Å². The van der Waals surface area contributed by atoms with Crippen LogP contribution in [-0.4, -0.2) is 28.7 Å². The molecule has 0 bridgehead atoms. The normalized spacial score (nSPS) is 10.9. The molecule has 0 aliphatic rings. The Morgan fingerprint density at radius 1 is 1.20 bits per heavy atom. The first kappa shape index (κ1) is 17.1. The Morgan fingerprint density at radius 2 is 1.96 bits per heavy atom. The number of aromatic nitrogens is 2. The number of esters is 1. The third-order valence-corrected chi connectivity index (χ3v) is 4.69. The van der Waals surface area contributed by atoms with Gasteiger partial charge in [-0.2, -0.15) is 0 Å². The molecule has 130 valence electrons. The van der Waals surface area contributed by atoms with Crippen molar-refractivity contribution in [1.29, 1.82) is 0 Å². The average Bonchev–Trinajstić information content (AvgIpc) is 3.03. The monoisotopic (exact) mass is 360 g/mol. The summed E-state index contributed by atoms with van der Waals surface area (Å²) in [7, 11) is 0. The minimum Gasteiger partial charge on any atom is -0.463 e. The number of rotatable bonds is 6. The van der Waals surface area contributed by atoms with E-state index in [0.717, 1.165) is 10.4 Å². The van der Waals surface area contributed by atoms with E-state index in [1.807, 2.05) is 30.3 Å². The Balaban J connectivity index is 1.90. The van der Waals surface area contributed by atoms with E-state index < -0.39 is 17.2 Å². The largest absolute Gasteiger partial charge is 0.463 e. The molecule has 0 saturated carbocycles. The number of benzene rings is 1. The van der Waals surface area contributed by atoms with Crippen molar-refractivity contribution in [3.05, 3.63) is 57.2 Å². The lowest BCUT2D eigenvalue weighted by Gasteiger charge is -2.08. The van der Waals surface area contributed by atoms with Gasteiger partial charge in [-0.3, -0.25) is 19.1 Å². The molecule has 3 aromatic rings. The number of carbonyl (C=O) groups excluding carboxylic acids is 1. The maximum Gasteiger partial charge on any atom is 0.331 e. The Morgan fingerprint density at radius 3 is 2.68 bits per heavy atom. The molecule has 0 radical (unpaired) electrons. The van der Waals surface area contributed by atoms with Crippen LogP contribution in [0.2, 0.25) is 0 Å². The van der Waals surface area contributed by atoms with Gasteiger partial charge in [0.25, 0.3) is 5.56 Å². The first-order chi connectivity index (χ1) is 12.1. The van der Waals surface area contributed by atoms with E-state index in [9.17, 15) is 14.4 Å². The zero-order valence-electron chi connectivity index (χ0n) is 13.5. The Kier molecular flexibility index (Phi) is 5.11. The van der Waals surface area contributed by atoms with Crippen molar-refractivity contribution in [3.8, 4) is 10.4 Å². The summed E-state index contributed by atoms with van der Waals surface area (Å²) in [6.45, 7) is 1.54. The van der Waals surface area contributed by atoms with Crippen LogP contribution in [0.1, 0.15) is 6.92 Å². The van der Waals surface area contributed by atoms with E-state index in [4.69, 9.17) is 9.47 Å². The fourth-order valence-corrected chi connectivity index (χ4v) is 3.48. The summed E-state index contributed by atoms with van der Waals surface area (Å²) in [4.78, 5) is 38.6. The molecule has 0 unspecified atom stereocenters. The first-order valence-corrected chi connectivity index (χ1v) is 8.41. The van der Waals surface area contributed by atoms with Crippen molar-refractivity contribution in [3.63, 3.8) is 0 Å². The van der Waals surface area contributed by atoms with Gasteiger partial charge in [-0.1, -0.05) is 30.3 Å². The van der Waals surface area contributed by atoms with Crippen LogP contribution in [0, 0.1) is 0 Å². The van der Waals surface area contributed by atoms with Gasteiger partial charge in [0.2, 0.25) is 0 Å². The summed E-state index contributed by atoms with van der Waals surface area (Å²) in [5.74, 6) is -0.391. The molecule has 25 heavy (non-hydrogen) atoms. The third kappa shape index (κ3) is 3.86. The van der Waals surface area contributed by atoms with Crippen LogP contribution in [0.3, 0.4) is 0 Å². The third-order valence-electron chi connectivity index (χ3n) is 3.48. The highest BCUT2D eigenvalue weighted by Crippen LogP contribution is 2.31. The Labute approximate surface area is 146 Å². The van der Waals surface area contributed by atoms with Crippen molar-refractivity contribution in [2.45, 2.75) is 13.7 Å². The van der Waals surface area contributed by atoms with Crippen LogP contribution in [0.4, 0.5) is 0 Å². The van der Waals surface area contributed by atoms with E-state index in [1.165, 1.54) is 22.8 Å². The quantitative estimate of drug-likeness (QED) is 0.536. The van der Waals surface area contributed by atoms with Crippen molar-refractivity contribution in [1.82, 2.24) is 9.55 Å². The summed E-state index contributed by atoms with van der Waals surface area (Å²) in [6.07, 6.45) is 0. The molecule has 3 rings (SSSR count). The van der Waals surface area contributed by atoms with E-state index in [2.05, 4.69) is 4.98 Å². The molecular weight excluding hydrogens is 344 g/mol. The SMILES string of the molecule is CC(=O)OCCOCn1c(=O)[nH]c(=O)c2cc(-c3ccccc3)sc21. The van der Waals surface area contributed by atoms with Crippen molar-refractivity contribution < 1.29 is 14.3 Å². The molecule has 0 aliphatic heterocycles. The predicted octanol–water partition coefficient (Wildman–Crippen LogP) is 1.96. The second-order valence-corrected chi connectivity index (χ2v) is 6.29. The summed E-state index contributed by atoms with van der Waals surface area (Å²) in [6, 6.07) is 11.4. The number of nitrogens with one attached hydrogen (secondary N) is 1.